The Morgan fingerprint density at radius 2 is 1.91 bits per heavy atom. The first-order valence-corrected chi connectivity index (χ1v) is 9.17. The summed E-state index contributed by atoms with van der Waals surface area (Å²) in [4.78, 5) is 12.1. The van der Waals surface area contributed by atoms with Crippen LogP contribution < -0.4 is 5.32 Å². The molecule has 0 spiro atoms. The third kappa shape index (κ3) is 2.98. The molecule has 0 aromatic carbocycles. The highest BCUT2D eigenvalue weighted by atomic mass is 15.2. The topological polar surface area (TPSA) is 41.1 Å². The second-order valence-electron chi connectivity index (χ2n) is 7.25. The summed E-state index contributed by atoms with van der Waals surface area (Å²) in [6.45, 7) is 4.38. The van der Waals surface area contributed by atoms with Crippen LogP contribution in [-0.2, 0) is 12.8 Å². The number of piperidine rings is 1. The molecule has 1 N–H and O–H groups in total. The number of hydrogen-bond acceptors (Lipinski definition) is 4. The molecule has 4 nitrogen and oxygen atoms in total. The Bertz CT molecular complexity index is 538. The second kappa shape index (κ2) is 6.15. The highest BCUT2D eigenvalue weighted by molar-refractivity contribution is 5.48. The van der Waals surface area contributed by atoms with Gasteiger partial charge in [-0.1, -0.05) is 6.42 Å². The third-order valence-corrected chi connectivity index (χ3v) is 5.49. The number of anilines is 1. The molecule has 0 amide bonds. The largest absolute Gasteiger partial charge is 0.368 e. The van der Waals surface area contributed by atoms with Gasteiger partial charge in [0.15, 0.2) is 0 Å². The molecule has 2 heterocycles. The summed E-state index contributed by atoms with van der Waals surface area (Å²) in [5.74, 6) is 2.05. The van der Waals surface area contributed by atoms with Crippen molar-refractivity contribution in [2.24, 2.45) is 0 Å². The average molecular weight is 300 g/mol. The zero-order chi connectivity index (χ0) is 14.9. The Morgan fingerprint density at radius 1 is 1.05 bits per heavy atom. The summed E-state index contributed by atoms with van der Waals surface area (Å²) in [6.07, 6.45) is 11.8. The zero-order valence-corrected chi connectivity index (χ0v) is 13.8. The van der Waals surface area contributed by atoms with E-state index >= 15 is 0 Å². The van der Waals surface area contributed by atoms with Crippen LogP contribution >= 0.6 is 0 Å². The SMILES string of the molecule is Cc1nc2c(c(NCC3CCCCN3C3CC3)n1)CCCC2. The molecule has 2 aliphatic carbocycles. The molecule has 1 aliphatic heterocycles. The standard InChI is InChI=1S/C18H28N4/c1-13-20-17-8-3-2-7-16(17)18(21-13)19-12-15-6-4-5-11-22(15)14-9-10-14/h14-15H,2-12H2,1H3,(H,19,20,21). The molecular weight excluding hydrogens is 272 g/mol. The lowest BCUT2D eigenvalue weighted by Gasteiger charge is -2.36. The van der Waals surface area contributed by atoms with Crippen molar-refractivity contribution in [3.05, 3.63) is 17.1 Å². The molecule has 1 saturated carbocycles. The van der Waals surface area contributed by atoms with Crippen molar-refractivity contribution < 1.29 is 0 Å². The fourth-order valence-electron chi connectivity index (χ4n) is 4.21. The minimum Gasteiger partial charge on any atom is -0.368 e. The fraction of sp³-hybridized carbons (Fsp3) is 0.778. The molecule has 1 unspecified atom stereocenters. The van der Waals surface area contributed by atoms with E-state index < -0.39 is 0 Å². The van der Waals surface area contributed by atoms with E-state index in [0.29, 0.717) is 6.04 Å². The number of nitrogens with one attached hydrogen (secondary N) is 1. The fourth-order valence-corrected chi connectivity index (χ4v) is 4.21. The molecule has 120 valence electrons. The molecule has 0 radical (unpaired) electrons. The van der Waals surface area contributed by atoms with Crippen LogP contribution in [0.2, 0.25) is 0 Å². The van der Waals surface area contributed by atoms with E-state index in [2.05, 4.69) is 15.2 Å². The van der Waals surface area contributed by atoms with Crippen LogP contribution in [0, 0.1) is 6.92 Å². The molecule has 3 aliphatic rings. The van der Waals surface area contributed by atoms with Gasteiger partial charge in [0.1, 0.15) is 11.6 Å². The van der Waals surface area contributed by atoms with E-state index in [9.17, 15) is 0 Å². The Kier molecular flexibility index (Phi) is 4.03. The van der Waals surface area contributed by atoms with Crippen molar-refractivity contribution >= 4 is 5.82 Å². The molecule has 0 bridgehead atoms. The van der Waals surface area contributed by atoms with Gasteiger partial charge in [0.2, 0.25) is 0 Å². The van der Waals surface area contributed by atoms with Crippen molar-refractivity contribution in [2.75, 3.05) is 18.4 Å². The predicted molar refractivity (Wildman–Crippen MR) is 89.3 cm³/mol. The highest BCUT2D eigenvalue weighted by Gasteiger charge is 2.35. The minimum absolute atomic E-state index is 0.704. The molecule has 1 atom stereocenters. The summed E-state index contributed by atoms with van der Waals surface area (Å²) < 4.78 is 0. The molecule has 2 fully saturated rings. The van der Waals surface area contributed by atoms with Crippen molar-refractivity contribution in [3.63, 3.8) is 0 Å². The van der Waals surface area contributed by atoms with Gasteiger partial charge in [-0.05, 0) is 64.8 Å². The first kappa shape index (κ1) is 14.4. The van der Waals surface area contributed by atoms with Gasteiger partial charge < -0.3 is 5.32 Å². The third-order valence-electron chi connectivity index (χ3n) is 5.49. The van der Waals surface area contributed by atoms with Gasteiger partial charge in [-0.3, -0.25) is 4.90 Å². The maximum absolute atomic E-state index is 4.72. The Balaban J connectivity index is 1.47. The number of likely N-dealkylation sites (tertiary alicyclic amines) is 1. The van der Waals surface area contributed by atoms with Gasteiger partial charge >= 0.3 is 0 Å². The summed E-state index contributed by atoms with van der Waals surface area (Å²) >= 11 is 0. The van der Waals surface area contributed by atoms with Crippen LogP contribution in [0.15, 0.2) is 0 Å². The van der Waals surface area contributed by atoms with Gasteiger partial charge in [-0.15, -0.1) is 0 Å². The smallest absolute Gasteiger partial charge is 0.133 e. The van der Waals surface area contributed by atoms with Crippen molar-refractivity contribution in [1.82, 2.24) is 14.9 Å². The van der Waals surface area contributed by atoms with Crippen molar-refractivity contribution in [3.8, 4) is 0 Å². The van der Waals surface area contributed by atoms with Crippen LogP contribution in [0.5, 0.6) is 0 Å². The number of aryl methyl sites for hydroxylation is 2. The van der Waals surface area contributed by atoms with Crippen molar-refractivity contribution in [2.45, 2.75) is 76.8 Å². The van der Waals surface area contributed by atoms with Crippen LogP contribution in [0.25, 0.3) is 0 Å². The summed E-state index contributed by atoms with van der Waals surface area (Å²) in [7, 11) is 0. The maximum atomic E-state index is 4.72. The van der Waals surface area contributed by atoms with E-state index in [1.54, 1.807) is 0 Å². The summed E-state index contributed by atoms with van der Waals surface area (Å²) in [6, 6.07) is 1.59. The maximum Gasteiger partial charge on any atom is 0.133 e. The first-order valence-electron chi connectivity index (χ1n) is 9.17. The van der Waals surface area contributed by atoms with Crippen LogP contribution in [0.1, 0.15) is 62.0 Å². The second-order valence-corrected chi connectivity index (χ2v) is 7.25. The number of hydrogen-bond donors (Lipinski definition) is 1. The Labute approximate surface area is 133 Å². The van der Waals surface area contributed by atoms with Crippen LogP contribution in [-0.4, -0.2) is 40.0 Å². The molecule has 1 aromatic rings. The Hall–Kier alpha value is -1.16. The van der Waals surface area contributed by atoms with E-state index in [1.807, 2.05) is 6.92 Å². The lowest BCUT2D eigenvalue weighted by Crippen LogP contribution is -2.45. The van der Waals surface area contributed by atoms with E-state index in [-0.39, 0.29) is 0 Å². The zero-order valence-electron chi connectivity index (χ0n) is 13.8. The highest BCUT2D eigenvalue weighted by Crippen LogP contribution is 2.33. The Morgan fingerprint density at radius 3 is 2.77 bits per heavy atom. The number of aromatic nitrogens is 2. The quantitative estimate of drug-likeness (QED) is 0.928. The average Bonchev–Trinajstić information content (AvgIpc) is 3.37. The van der Waals surface area contributed by atoms with E-state index in [1.165, 1.54) is 62.7 Å². The number of nitrogens with zero attached hydrogens (tertiary/aromatic N) is 3. The molecule has 4 rings (SSSR count). The van der Waals surface area contributed by atoms with Gasteiger partial charge in [-0.25, -0.2) is 9.97 Å². The lowest BCUT2D eigenvalue weighted by atomic mass is 9.96. The normalized spacial score (nSPS) is 25.8. The van der Waals surface area contributed by atoms with Crippen LogP contribution in [0.4, 0.5) is 5.82 Å². The van der Waals surface area contributed by atoms with Gasteiger partial charge in [0, 0.05) is 29.9 Å². The monoisotopic (exact) mass is 300 g/mol. The van der Waals surface area contributed by atoms with Crippen LogP contribution in [0.3, 0.4) is 0 Å². The van der Waals surface area contributed by atoms with Gasteiger partial charge in [0.25, 0.3) is 0 Å². The van der Waals surface area contributed by atoms with E-state index in [4.69, 9.17) is 4.98 Å². The van der Waals surface area contributed by atoms with E-state index in [0.717, 1.165) is 37.1 Å². The molecule has 1 aromatic heterocycles. The summed E-state index contributed by atoms with van der Waals surface area (Å²) in [5, 5.41) is 3.70. The molecule has 4 heteroatoms. The molecular formula is C18H28N4. The number of fused-ring (bicyclic) bond motifs is 1. The minimum atomic E-state index is 0.704. The van der Waals surface area contributed by atoms with Gasteiger partial charge in [-0.2, -0.15) is 0 Å². The summed E-state index contributed by atoms with van der Waals surface area (Å²) in [5.41, 5.74) is 2.69. The molecule has 22 heavy (non-hydrogen) atoms. The number of rotatable bonds is 4. The predicted octanol–water partition coefficient (Wildman–Crippen LogP) is 3.09. The lowest BCUT2D eigenvalue weighted by molar-refractivity contribution is 0.147. The molecule has 1 saturated heterocycles. The van der Waals surface area contributed by atoms with Gasteiger partial charge in [0.05, 0.1) is 0 Å². The van der Waals surface area contributed by atoms with Crippen molar-refractivity contribution in [1.29, 1.82) is 0 Å². The first-order chi connectivity index (χ1) is 10.8.